The molecule has 0 atom stereocenters. The molecule has 0 fully saturated rings. The van der Waals surface area contributed by atoms with E-state index < -0.39 is 23.1 Å². The smallest absolute Gasteiger partial charge is 0.382 e. The average Bonchev–Trinajstić information content (AvgIpc) is 3.16. The summed E-state index contributed by atoms with van der Waals surface area (Å²) in [6.07, 6.45) is -2.36. The van der Waals surface area contributed by atoms with Crippen LogP contribution in [-0.2, 0) is 6.18 Å². The van der Waals surface area contributed by atoms with Crippen LogP contribution in [0.1, 0.15) is 5.56 Å². The van der Waals surface area contributed by atoms with Crippen molar-refractivity contribution in [1.82, 2.24) is 24.8 Å². The zero-order chi connectivity index (χ0) is 19.5. The molecule has 0 saturated heterocycles. The van der Waals surface area contributed by atoms with Gasteiger partial charge in [-0.15, -0.1) is 0 Å². The molecule has 0 aliphatic carbocycles. The fraction of sp³-hybridized carbons (Fsp3) is 0.188. The second kappa shape index (κ2) is 5.56. The summed E-state index contributed by atoms with van der Waals surface area (Å²) in [6, 6.07) is 2.80. The number of hydrogen-bond donors (Lipinski definition) is 2. The van der Waals surface area contributed by atoms with E-state index in [0.29, 0.717) is 5.65 Å². The summed E-state index contributed by atoms with van der Waals surface area (Å²) < 4.78 is 57.8. The topological polar surface area (TPSA) is 88.1 Å². The second-order valence-electron chi connectivity index (χ2n) is 6.15. The number of anilines is 2. The van der Waals surface area contributed by atoms with Crippen molar-refractivity contribution < 1.29 is 17.6 Å². The Morgan fingerprint density at radius 1 is 1.22 bits per heavy atom. The van der Waals surface area contributed by atoms with E-state index in [4.69, 9.17) is 5.73 Å². The summed E-state index contributed by atoms with van der Waals surface area (Å²) in [5.74, 6) is -1.23. The molecule has 0 saturated carbocycles. The molecule has 3 heterocycles. The average molecular weight is 379 g/mol. The lowest BCUT2D eigenvalue weighted by Crippen LogP contribution is -2.18. The third kappa shape index (κ3) is 2.54. The molecule has 0 amide bonds. The number of hydrogen-bond acceptors (Lipinski definition) is 5. The van der Waals surface area contributed by atoms with Crippen LogP contribution in [0.3, 0.4) is 0 Å². The Morgan fingerprint density at radius 2 is 1.96 bits per heavy atom. The van der Waals surface area contributed by atoms with Crippen LogP contribution >= 0.6 is 0 Å². The van der Waals surface area contributed by atoms with Crippen molar-refractivity contribution in [3.05, 3.63) is 35.9 Å². The van der Waals surface area contributed by atoms with Crippen molar-refractivity contribution in [1.29, 1.82) is 0 Å². The van der Waals surface area contributed by atoms with Gasteiger partial charge in [0, 0.05) is 25.0 Å². The predicted octanol–water partition coefficient (Wildman–Crippen LogP) is 3.08. The minimum absolute atomic E-state index is 0.0807. The highest BCUT2D eigenvalue weighted by molar-refractivity contribution is 6.02. The van der Waals surface area contributed by atoms with E-state index in [1.807, 2.05) is 0 Å². The number of nitrogens with zero attached hydrogens (tertiary/aromatic N) is 5. The molecule has 27 heavy (non-hydrogen) atoms. The Hall–Kier alpha value is -3.37. The van der Waals surface area contributed by atoms with Gasteiger partial charge in [-0.1, -0.05) is 0 Å². The molecule has 0 aliphatic rings. The van der Waals surface area contributed by atoms with Crippen LogP contribution in [0.25, 0.3) is 27.8 Å². The van der Waals surface area contributed by atoms with Crippen LogP contribution in [-0.4, -0.2) is 38.9 Å². The van der Waals surface area contributed by atoms with Gasteiger partial charge in [-0.3, -0.25) is 5.10 Å². The number of fused-ring (bicyclic) bond motifs is 2. The third-order valence-electron chi connectivity index (χ3n) is 4.15. The van der Waals surface area contributed by atoms with Crippen LogP contribution in [0.15, 0.2) is 24.5 Å². The van der Waals surface area contributed by atoms with Gasteiger partial charge >= 0.3 is 6.18 Å². The van der Waals surface area contributed by atoms with Gasteiger partial charge in [0.1, 0.15) is 11.4 Å². The zero-order valence-electron chi connectivity index (χ0n) is 14.1. The van der Waals surface area contributed by atoms with E-state index in [1.165, 1.54) is 48.0 Å². The first-order valence-corrected chi connectivity index (χ1v) is 7.74. The van der Waals surface area contributed by atoms with Gasteiger partial charge in [-0.2, -0.15) is 23.4 Å². The number of halogens is 4. The largest absolute Gasteiger partial charge is 0.419 e. The summed E-state index contributed by atoms with van der Waals surface area (Å²) in [6.45, 7) is 0. The number of nitrogen functional groups attached to an aromatic ring is 1. The van der Waals surface area contributed by atoms with Crippen LogP contribution in [0.2, 0.25) is 0 Å². The molecule has 1 aromatic carbocycles. The molecule has 11 heteroatoms. The standard InChI is InChI=1S/C16H13F4N7/c1-26(2)15-13(17)12(16(18,19)20)11(7-5-22-24-14(7)15)8-3-4-10-23-9(21)6-27(10)25-8/h3-6H,21H2,1-2H3,(H,22,24). The Balaban J connectivity index is 2.15. The highest BCUT2D eigenvalue weighted by Gasteiger charge is 2.41. The fourth-order valence-electron chi connectivity index (χ4n) is 3.11. The first-order valence-electron chi connectivity index (χ1n) is 7.74. The van der Waals surface area contributed by atoms with Crippen molar-refractivity contribution in [2.75, 3.05) is 24.7 Å². The van der Waals surface area contributed by atoms with Crippen LogP contribution < -0.4 is 10.6 Å². The lowest BCUT2D eigenvalue weighted by molar-refractivity contribution is -0.139. The number of aromatic amines is 1. The molecule has 0 radical (unpaired) electrons. The van der Waals surface area contributed by atoms with Gasteiger partial charge in [-0.25, -0.2) is 13.9 Å². The fourth-order valence-corrected chi connectivity index (χ4v) is 3.11. The van der Waals surface area contributed by atoms with E-state index in [0.717, 1.165) is 0 Å². The Labute approximate surface area is 149 Å². The first-order chi connectivity index (χ1) is 12.7. The van der Waals surface area contributed by atoms with E-state index in [9.17, 15) is 13.2 Å². The van der Waals surface area contributed by atoms with Crippen molar-refractivity contribution in [3.63, 3.8) is 0 Å². The third-order valence-corrected chi connectivity index (χ3v) is 4.15. The second-order valence-corrected chi connectivity index (χ2v) is 6.15. The van der Waals surface area contributed by atoms with Gasteiger partial charge in [0.05, 0.1) is 29.3 Å². The van der Waals surface area contributed by atoms with Crippen LogP contribution in [0.4, 0.5) is 29.1 Å². The van der Waals surface area contributed by atoms with Crippen LogP contribution in [0, 0.1) is 5.82 Å². The Morgan fingerprint density at radius 3 is 2.63 bits per heavy atom. The van der Waals surface area contributed by atoms with Crippen molar-refractivity contribution in [2.24, 2.45) is 0 Å². The molecule has 4 rings (SSSR count). The Bertz CT molecular complexity index is 1170. The van der Waals surface area contributed by atoms with Gasteiger partial charge in [0.2, 0.25) is 0 Å². The summed E-state index contributed by atoms with van der Waals surface area (Å²) in [5, 5.41) is 10.6. The number of benzene rings is 1. The molecule has 0 unspecified atom stereocenters. The summed E-state index contributed by atoms with van der Waals surface area (Å²) in [5.41, 5.74) is 3.99. The highest BCUT2D eigenvalue weighted by Crippen LogP contribution is 2.45. The van der Waals surface area contributed by atoms with Gasteiger partial charge in [0.15, 0.2) is 11.5 Å². The first kappa shape index (κ1) is 17.1. The highest BCUT2D eigenvalue weighted by atomic mass is 19.4. The maximum atomic E-state index is 15.0. The molecule has 4 aromatic rings. The lowest BCUT2D eigenvalue weighted by atomic mass is 9.97. The predicted molar refractivity (Wildman–Crippen MR) is 91.8 cm³/mol. The van der Waals surface area contributed by atoms with Gasteiger partial charge < -0.3 is 10.6 Å². The number of alkyl halides is 3. The molecule has 0 bridgehead atoms. The number of aromatic nitrogens is 5. The lowest BCUT2D eigenvalue weighted by Gasteiger charge is -2.21. The van der Waals surface area contributed by atoms with Gasteiger partial charge in [-0.05, 0) is 12.1 Å². The number of rotatable bonds is 2. The number of H-pyrrole nitrogens is 1. The molecule has 140 valence electrons. The number of nitrogens with two attached hydrogens (primary N) is 1. The molecule has 3 N–H and O–H groups in total. The van der Waals surface area contributed by atoms with Crippen LogP contribution in [0.5, 0.6) is 0 Å². The summed E-state index contributed by atoms with van der Waals surface area (Å²) in [7, 11) is 2.91. The number of imidazole rings is 1. The molecule has 0 spiro atoms. The Kier molecular flexibility index (Phi) is 3.52. The molecular weight excluding hydrogens is 366 g/mol. The van der Waals surface area contributed by atoms with E-state index in [2.05, 4.69) is 20.3 Å². The van der Waals surface area contributed by atoms with Crippen molar-refractivity contribution in [2.45, 2.75) is 6.18 Å². The molecular formula is C16H13F4N7. The van der Waals surface area contributed by atoms with E-state index >= 15 is 4.39 Å². The maximum absolute atomic E-state index is 15.0. The van der Waals surface area contributed by atoms with E-state index in [1.54, 1.807) is 0 Å². The zero-order valence-corrected chi connectivity index (χ0v) is 14.1. The summed E-state index contributed by atoms with van der Waals surface area (Å²) in [4.78, 5) is 5.25. The normalized spacial score (nSPS) is 12.2. The molecule has 0 aliphatic heterocycles. The van der Waals surface area contributed by atoms with Crippen molar-refractivity contribution in [3.8, 4) is 11.3 Å². The SMILES string of the molecule is CN(C)c1c(F)c(C(F)(F)F)c(-c2ccc3nc(N)cn3n2)c2cn[nH]c12. The minimum atomic E-state index is -4.94. The molecule has 7 nitrogen and oxygen atoms in total. The van der Waals surface area contributed by atoms with E-state index in [-0.39, 0.29) is 28.1 Å². The summed E-state index contributed by atoms with van der Waals surface area (Å²) >= 11 is 0. The monoisotopic (exact) mass is 379 g/mol. The maximum Gasteiger partial charge on any atom is 0.419 e. The van der Waals surface area contributed by atoms with Gasteiger partial charge in [0.25, 0.3) is 0 Å². The number of nitrogens with one attached hydrogen (secondary N) is 1. The minimum Gasteiger partial charge on any atom is -0.382 e. The van der Waals surface area contributed by atoms with Crippen molar-refractivity contribution >= 4 is 28.1 Å². The molecule has 3 aromatic heterocycles. The quantitative estimate of drug-likeness (QED) is 0.523.